The Morgan fingerprint density at radius 2 is 1.73 bits per heavy atom. The summed E-state index contributed by atoms with van der Waals surface area (Å²) in [7, 11) is 0. The molecule has 0 radical (unpaired) electrons. The molecule has 0 aliphatic heterocycles. The molecule has 0 saturated carbocycles. The average Bonchev–Trinajstić information content (AvgIpc) is 3.10. The number of carbonyl (C=O) groups excluding carboxylic acids is 1. The number of aryl methyl sites for hydroxylation is 2. The van der Waals surface area contributed by atoms with Gasteiger partial charge in [-0.1, -0.05) is 36.4 Å². The highest BCUT2D eigenvalue weighted by atomic mass is 19.1. The standard InChI is InChI=1S/C25H24FN3O/c1-18-7-2-3-8-20(18)17-29-23-10-5-4-9-22(23)28-24(29)11-6-16-27-25(30)19-12-14-21(26)15-13-19/h2-5,7-10,12-15H,6,11,16-17H2,1H3,(H,27,30). The van der Waals surface area contributed by atoms with Crippen molar-refractivity contribution in [3.8, 4) is 0 Å². The van der Waals surface area contributed by atoms with Gasteiger partial charge >= 0.3 is 0 Å². The molecule has 0 saturated heterocycles. The maximum atomic E-state index is 13.0. The van der Waals surface area contributed by atoms with Gasteiger partial charge in [-0.15, -0.1) is 0 Å². The van der Waals surface area contributed by atoms with E-state index < -0.39 is 0 Å². The Morgan fingerprint density at radius 1 is 1.00 bits per heavy atom. The third kappa shape index (κ3) is 4.40. The number of amides is 1. The number of benzene rings is 3. The highest BCUT2D eigenvalue weighted by Crippen LogP contribution is 2.20. The van der Waals surface area contributed by atoms with Crippen molar-refractivity contribution in [1.82, 2.24) is 14.9 Å². The number of fused-ring (bicyclic) bond motifs is 1. The Hall–Kier alpha value is -3.47. The Kier molecular flexibility index (Phi) is 5.89. The summed E-state index contributed by atoms with van der Waals surface area (Å²) in [6.45, 7) is 3.42. The van der Waals surface area contributed by atoms with Crippen LogP contribution in [0.15, 0.2) is 72.8 Å². The third-order valence-electron chi connectivity index (χ3n) is 5.29. The molecule has 4 aromatic rings. The number of hydrogen-bond donors (Lipinski definition) is 1. The lowest BCUT2D eigenvalue weighted by Crippen LogP contribution is -2.25. The van der Waals surface area contributed by atoms with Crippen LogP contribution in [0.4, 0.5) is 4.39 Å². The molecule has 5 heteroatoms. The summed E-state index contributed by atoms with van der Waals surface area (Å²) >= 11 is 0. The summed E-state index contributed by atoms with van der Waals surface area (Å²) < 4.78 is 15.3. The fourth-order valence-electron chi connectivity index (χ4n) is 3.60. The van der Waals surface area contributed by atoms with Gasteiger partial charge < -0.3 is 9.88 Å². The summed E-state index contributed by atoms with van der Waals surface area (Å²) in [5, 5.41) is 2.90. The summed E-state index contributed by atoms with van der Waals surface area (Å²) in [4.78, 5) is 17.0. The molecule has 4 nitrogen and oxygen atoms in total. The molecule has 1 heterocycles. The van der Waals surface area contributed by atoms with Crippen LogP contribution in [-0.4, -0.2) is 22.0 Å². The predicted octanol–water partition coefficient (Wildman–Crippen LogP) is 4.89. The van der Waals surface area contributed by atoms with Crippen LogP contribution in [-0.2, 0) is 13.0 Å². The lowest BCUT2D eigenvalue weighted by atomic mass is 10.1. The number of hydrogen-bond acceptors (Lipinski definition) is 2. The number of aromatic nitrogens is 2. The molecule has 0 spiro atoms. The van der Waals surface area contributed by atoms with Gasteiger partial charge in [0, 0.05) is 25.1 Å². The Morgan fingerprint density at radius 3 is 2.53 bits per heavy atom. The minimum Gasteiger partial charge on any atom is -0.352 e. The minimum atomic E-state index is -0.348. The highest BCUT2D eigenvalue weighted by molar-refractivity contribution is 5.94. The van der Waals surface area contributed by atoms with Gasteiger partial charge in [0.15, 0.2) is 0 Å². The van der Waals surface area contributed by atoms with Gasteiger partial charge in [0.1, 0.15) is 11.6 Å². The number of imidazole rings is 1. The molecule has 1 amide bonds. The van der Waals surface area contributed by atoms with E-state index in [2.05, 4.69) is 47.1 Å². The topological polar surface area (TPSA) is 46.9 Å². The van der Waals surface area contributed by atoms with Crippen molar-refractivity contribution in [2.24, 2.45) is 0 Å². The van der Waals surface area contributed by atoms with Crippen LogP contribution >= 0.6 is 0 Å². The van der Waals surface area contributed by atoms with Gasteiger partial charge in [0.2, 0.25) is 0 Å². The van der Waals surface area contributed by atoms with Crippen LogP contribution in [0.5, 0.6) is 0 Å². The van der Waals surface area contributed by atoms with E-state index in [1.165, 1.54) is 35.4 Å². The number of carbonyl (C=O) groups is 1. The van der Waals surface area contributed by atoms with Crippen molar-refractivity contribution < 1.29 is 9.18 Å². The Balaban J connectivity index is 1.45. The predicted molar refractivity (Wildman–Crippen MR) is 117 cm³/mol. The first-order valence-electron chi connectivity index (χ1n) is 10.1. The zero-order valence-electron chi connectivity index (χ0n) is 16.9. The first-order chi connectivity index (χ1) is 14.6. The molecular formula is C25H24FN3O. The summed E-state index contributed by atoms with van der Waals surface area (Å²) in [5.74, 6) is 0.470. The monoisotopic (exact) mass is 401 g/mol. The maximum absolute atomic E-state index is 13.0. The van der Waals surface area contributed by atoms with Crippen molar-refractivity contribution in [1.29, 1.82) is 0 Å². The molecule has 4 rings (SSSR count). The number of rotatable bonds is 7. The molecule has 0 aliphatic carbocycles. The second-order valence-electron chi connectivity index (χ2n) is 7.40. The van der Waals surface area contributed by atoms with Gasteiger partial charge in [0.25, 0.3) is 5.91 Å². The Bertz CT molecular complexity index is 1160. The smallest absolute Gasteiger partial charge is 0.251 e. The first kappa shape index (κ1) is 19.8. The van der Waals surface area contributed by atoms with Gasteiger partial charge in [-0.05, 0) is 60.9 Å². The van der Waals surface area contributed by atoms with Crippen LogP contribution in [0, 0.1) is 12.7 Å². The van der Waals surface area contributed by atoms with Crippen molar-refractivity contribution in [2.45, 2.75) is 26.3 Å². The van der Waals surface area contributed by atoms with Crippen LogP contribution in [0.3, 0.4) is 0 Å². The second-order valence-corrected chi connectivity index (χ2v) is 7.40. The fourth-order valence-corrected chi connectivity index (χ4v) is 3.60. The Labute approximate surface area is 175 Å². The second kappa shape index (κ2) is 8.91. The highest BCUT2D eigenvalue weighted by Gasteiger charge is 2.12. The molecule has 0 fully saturated rings. The molecular weight excluding hydrogens is 377 g/mol. The zero-order valence-corrected chi connectivity index (χ0v) is 16.9. The van der Waals surface area contributed by atoms with Crippen molar-refractivity contribution in [3.05, 3.63) is 101 Å². The molecule has 1 aromatic heterocycles. The van der Waals surface area contributed by atoms with Gasteiger partial charge in [-0.2, -0.15) is 0 Å². The van der Waals surface area contributed by atoms with E-state index in [1.54, 1.807) is 0 Å². The van der Waals surface area contributed by atoms with E-state index >= 15 is 0 Å². The van der Waals surface area contributed by atoms with E-state index in [9.17, 15) is 9.18 Å². The lowest BCUT2D eigenvalue weighted by molar-refractivity contribution is 0.0953. The van der Waals surface area contributed by atoms with Gasteiger partial charge in [-0.25, -0.2) is 9.37 Å². The van der Waals surface area contributed by atoms with E-state index in [-0.39, 0.29) is 11.7 Å². The third-order valence-corrected chi connectivity index (χ3v) is 5.29. The normalized spacial score (nSPS) is 11.0. The van der Waals surface area contributed by atoms with Gasteiger partial charge in [0.05, 0.1) is 11.0 Å². The molecule has 0 atom stereocenters. The van der Waals surface area contributed by atoms with Crippen LogP contribution in [0.25, 0.3) is 11.0 Å². The van der Waals surface area contributed by atoms with Crippen molar-refractivity contribution >= 4 is 16.9 Å². The molecule has 1 N–H and O–H groups in total. The van der Waals surface area contributed by atoms with E-state index in [1.807, 2.05) is 18.2 Å². The van der Waals surface area contributed by atoms with Crippen molar-refractivity contribution in [2.75, 3.05) is 6.54 Å². The molecule has 0 aliphatic rings. The number of para-hydroxylation sites is 2. The molecule has 3 aromatic carbocycles. The SMILES string of the molecule is Cc1ccccc1Cn1c(CCCNC(=O)c2ccc(F)cc2)nc2ccccc21. The lowest BCUT2D eigenvalue weighted by Gasteiger charge is -2.12. The largest absolute Gasteiger partial charge is 0.352 e. The zero-order chi connectivity index (χ0) is 20.9. The van der Waals surface area contributed by atoms with Crippen molar-refractivity contribution in [3.63, 3.8) is 0 Å². The maximum Gasteiger partial charge on any atom is 0.251 e. The number of halogens is 1. The van der Waals surface area contributed by atoms with Crippen LogP contribution in [0.1, 0.15) is 33.7 Å². The molecule has 152 valence electrons. The van der Waals surface area contributed by atoms with E-state index in [4.69, 9.17) is 4.98 Å². The number of nitrogens with one attached hydrogen (secondary N) is 1. The minimum absolute atomic E-state index is 0.191. The summed E-state index contributed by atoms with van der Waals surface area (Å²) in [5.41, 5.74) is 5.09. The summed E-state index contributed by atoms with van der Waals surface area (Å²) in [6.07, 6.45) is 1.52. The molecule has 0 unspecified atom stereocenters. The summed E-state index contributed by atoms with van der Waals surface area (Å²) in [6, 6.07) is 22.1. The fraction of sp³-hybridized carbons (Fsp3) is 0.200. The molecule has 0 bridgehead atoms. The van der Waals surface area contributed by atoms with Crippen LogP contribution in [0.2, 0.25) is 0 Å². The van der Waals surface area contributed by atoms with Crippen LogP contribution < -0.4 is 5.32 Å². The number of nitrogens with zero attached hydrogens (tertiary/aromatic N) is 2. The first-order valence-corrected chi connectivity index (χ1v) is 10.1. The quantitative estimate of drug-likeness (QED) is 0.448. The van der Waals surface area contributed by atoms with E-state index in [0.29, 0.717) is 12.1 Å². The van der Waals surface area contributed by atoms with E-state index in [0.717, 1.165) is 36.2 Å². The van der Waals surface area contributed by atoms with Gasteiger partial charge in [-0.3, -0.25) is 4.79 Å². The molecule has 30 heavy (non-hydrogen) atoms. The average molecular weight is 401 g/mol.